The summed E-state index contributed by atoms with van der Waals surface area (Å²) in [6.45, 7) is 4.69. The summed E-state index contributed by atoms with van der Waals surface area (Å²) in [4.78, 5) is 14.2. The summed E-state index contributed by atoms with van der Waals surface area (Å²) < 4.78 is 19.0. The van der Waals surface area contributed by atoms with Crippen molar-refractivity contribution < 1.29 is 19.0 Å². The summed E-state index contributed by atoms with van der Waals surface area (Å²) in [5, 5.41) is 12.9. The molecule has 0 bridgehead atoms. The van der Waals surface area contributed by atoms with Crippen molar-refractivity contribution in [3.63, 3.8) is 0 Å². The first-order valence-corrected chi connectivity index (χ1v) is 7.48. The third-order valence-electron chi connectivity index (χ3n) is 4.29. The molecule has 23 heavy (non-hydrogen) atoms. The number of halogens is 1. The summed E-state index contributed by atoms with van der Waals surface area (Å²) in [5.41, 5.74) is 9.31. The SMILES string of the molecule is CC1(C)CCOC([C@H](c2ccc(F)cc2)[C@@H](N=[N+]=[N-])C(=O)O)C1. The second-order valence-corrected chi connectivity index (χ2v) is 6.59. The Bertz CT molecular complexity index is 610. The fourth-order valence-corrected chi connectivity index (χ4v) is 3.04. The summed E-state index contributed by atoms with van der Waals surface area (Å²) in [5.74, 6) is -2.29. The van der Waals surface area contributed by atoms with Crippen LogP contribution in [0.25, 0.3) is 10.4 Å². The molecular formula is C16H20FN3O3. The molecule has 1 saturated heterocycles. The van der Waals surface area contributed by atoms with Gasteiger partial charge in [0.1, 0.15) is 11.9 Å². The minimum atomic E-state index is -1.30. The average molecular weight is 321 g/mol. The van der Waals surface area contributed by atoms with Gasteiger partial charge in [0.05, 0.1) is 6.10 Å². The van der Waals surface area contributed by atoms with E-state index < -0.39 is 29.9 Å². The number of benzene rings is 1. The number of ether oxygens (including phenoxy) is 1. The lowest BCUT2D eigenvalue weighted by atomic mass is 9.75. The Kier molecular flexibility index (Phi) is 5.23. The molecule has 1 aromatic carbocycles. The van der Waals surface area contributed by atoms with Crippen molar-refractivity contribution >= 4 is 5.97 Å². The van der Waals surface area contributed by atoms with Crippen molar-refractivity contribution in [3.8, 4) is 0 Å². The van der Waals surface area contributed by atoms with Crippen LogP contribution in [0.5, 0.6) is 0 Å². The van der Waals surface area contributed by atoms with Crippen molar-refractivity contribution in [1.29, 1.82) is 0 Å². The van der Waals surface area contributed by atoms with Gasteiger partial charge in [0.2, 0.25) is 0 Å². The fraction of sp³-hybridized carbons (Fsp3) is 0.562. The van der Waals surface area contributed by atoms with Crippen LogP contribution in [0.4, 0.5) is 4.39 Å². The third-order valence-corrected chi connectivity index (χ3v) is 4.29. The Labute approximate surface area is 133 Å². The first kappa shape index (κ1) is 17.2. The van der Waals surface area contributed by atoms with Gasteiger partial charge in [-0.2, -0.15) is 0 Å². The van der Waals surface area contributed by atoms with Crippen LogP contribution in [0.3, 0.4) is 0 Å². The first-order chi connectivity index (χ1) is 10.8. The van der Waals surface area contributed by atoms with E-state index in [-0.39, 0.29) is 5.41 Å². The Morgan fingerprint density at radius 1 is 1.48 bits per heavy atom. The number of nitrogens with zero attached hydrogens (tertiary/aromatic N) is 3. The topological polar surface area (TPSA) is 95.3 Å². The molecule has 1 aliphatic rings. The minimum absolute atomic E-state index is 0.000603. The molecule has 124 valence electrons. The van der Waals surface area contributed by atoms with E-state index in [1.807, 2.05) is 0 Å². The van der Waals surface area contributed by atoms with E-state index in [0.717, 1.165) is 6.42 Å². The lowest BCUT2D eigenvalue weighted by molar-refractivity contribution is -0.141. The van der Waals surface area contributed by atoms with Gasteiger partial charge in [-0.15, -0.1) is 0 Å². The van der Waals surface area contributed by atoms with Crippen LogP contribution >= 0.6 is 0 Å². The zero-order valence-corrected chi connectivity index (χ0v) is 13.1. The van der Waals surface area contributed by atoms with Gasteiger partial charge < -0.3 is 9.84 Å². The molecule has 0 radical (unpaired) electrons. The summed E-state index contributed by atoms with van der Waals surface area (Å²) in [7, 11) is 0. The molecule has 2 rings (SSSR count). The fourth-order valence-electron chi connectivity index (χ4n) is 3.04. The average Bonchev–Trinajstić information content (AvgIpc) is 2.47. The molecule has 3 atom stereocenters. The lowest BCUT2D eigenvalue weighted by Crippen LogP contribution is -2.41. The van der Waals surface area contributed by atoms with Gasteiger partial charge in [0.25, 0.3) is 0 Å². The van der Waals surface area contributed by atoms with Crippen LogP contribution < -0.4 is 0 Å². The van der Waals surface area contributed by atoms with Gasteiger partial charge in [-0.25, -0.2) is 4.39 Å². The van der Waals surface area contributed by atoms with Crippen molar-refractivity contribution in [2.24, 2.45) is 10.5 Å². The van der Waals surface area contributed by atoms with Crippen molar-refractivity contribution in [2.75, 3.05) is 6.61 Å². The van der Waals surface area contributed by atoms with E-state index in [0.29, 0.717) is 18.6 Å². The van der Waals surface area contributed by atoms with E-state index in [2.05, 4.69) is 23.9 Å². The number of rotatable bonds is 5. The van der Waals surface area contributed by atoms with Gasteiger partial charge in [-0.1, -0.05) is 31.1 Å². The largest absolute Gasteiger partial charge is 0.481 e. The predicted octanol–water partition coefficient (Wildman–Crippen LogP) is 3.88. The molecule has 0 spiro atoms. The molecular weight excluding hydrogens is 301 g/mol. The number of carbonyl (C=O) groups is 1. The number of carboxylic acids is 1. The Morgan fingerprint density at radius 3 is 2.65 bits per heavy atom. The summed E-state index contributed by atoms with van der Waals surface area (Å²) >= 11 is 0. The highest BCUT2D eigenvalue weighted by Gasteiger charge is 2.40. The number of carboxylic acid groups (broad SMARTS) is 1. The van der Waals surface area contributed by atoms with Gasteiger partial charge in [0.15, 0.2) is 0 Å². The molecule has 0 aromatic heterocycles. The Morgan fingerprint density at radius 2 is 2.13 bits per heavy atom. The number of azide groups is 1. The zero-order valence-electron chi connectivity index (χ0n) is 13.1. The Balaban J connectivity index is 2.43. The van der Waals surface area contributed by atoms with Gasteiger partial charge in [0, 0.05) is 17.4 Å². The zero-order chi connectivity index (χ0) is 17.0. The number of hydrogen-bond acceptors (Lipinski definition) is 3. The normalized spacial score (nSPS) is 22.7. The molecule has 1 aromatic rings. The van der Waals surface area contributed by atoms with Crippen LogP contribution in [-0.2, 0) is 9.53 Å². The van der Waals surface area contributed by atoms with Crippen LogP contribution in [0.1, 0.15) is 38.2 Å². The Hall–Kier alpha value is -2.11. The second-order valence-electron chi connectivity index (χ2n) is 6.59. The highest BCUT2D eigenvalue weighted by atomic mass is 19.1. The highest BCUT2D eigenvalue weighted by Crippen LogP contribution is 2.40. The smallest absolute Gasteiger partial charge is 0.313 e. The molecule has 1 fully saturated rings. The maximum atomic E-state index is 13.2. The van der Waals surface area contributed by atoms with Crippen LogP contribution in [-0.4, -0.2) is 29.8 Å². The van der Waals surface area contributed by atoms with Crippen LogP contribution in [0.2, 0.25) is 0 Å². The molecule has 0 saturated carbocycles. The van der Waals surface area contributed by atoms with Crippen LogP contribution in [0, 0.1) is 11.2 Å². The van der Waals surface area contributed by atoms with Gasteiger partial charge in [-0.05, 0) is 41.5 Å². The first-order valence-electron chi connectivity index (χ1n) is 7.48. The lowest BCUT2D eigenvalue weighted by Gasteiger charge is -2.40. The van der Waals surface area contributed by atoms with Gasteiger partial charge >= 0.3 is 5.97 Å². The maximum Gasteiger partial charge on any atom is 0.313 e. The summed E-state index contributed by atoms with van der Waals surface area (Å²) in [6, 6.07) is 4.28. The van der Waals surface area contributed by atoms with Crippen molar-refractivity contribution in [3.05, 3.63) is 46.1 Å². The van der Waals surface area contributed by atoms with E-state index in [1.165, 1.54) is 24.3 Å². The molecule has 6 nitrogen and oxygen atoms in total. The van der Waals surface area contributed by atoms with E-state index in [9.17, 15) is 14.3 Å². The number of aliphatic carboxylic acids is 1. The van der Waals surface area contributed by atoms with Crippen LogP contribution in [0.15, 0.2) is 29.4 Å². The third kappa shape index (κ3) is 4.21. The molecule has 0 amide bonds. The van der Waals surface area contributed by atoms with Crippen molar-refractivity contribution in [1.82, 2.24) is 0 Å². The molecule has 1 N–H and O–H groups in total. The minimum Gasteiger partial charge on any atom is -0.481 e. The second kappa shape index (κ2) is 6.98. The highest BCUT2D eigenvalue weighted by molar-refractivity contribution is 5.75. The molecule has 7 heteroatoms. The predicted molar refractivity (Wildman–Crippen MR) is 82.5 cm³/mol. The van der Waals surface area contributed by atoms with E-state index >= 15 is 0 Å². The molecule has 0 aliphatic carbocycles. The number of hydrogen-bond donors (Lipinski definition) is 1. The standard InChI is InChI=1S/C16H20FN3O3/c1-16(2)7-8-23-12(9-16)13(14(15(21)22)19-20-18)10-3-5-11(17)6-4-10/h3-6,12-14H,7-9H2,1-2H3,(H,21,22)/t12?,13-,14+/m0/s1. The maximum absolute atomic E-state index is 13.2. The van der Waals surface area contributed by atoms with Crippen molar-refractivity contribution in [2.45, 2.75) is 44.8 Å². The molecule has 1 aliphatic heterocycles. The molecule has 1 unspecified atom stereocenters. The van der Waals surface area contributed by atoms with E-state index in [1.54, 1.807) is 0 Å². The molecule has 1 heterocycles. The monoisotopic (exact) mass is 321 g/mol. The summed E-state index contributed by atoms with van der Waals surface area (Å²) in [6.07, 6.45) is 1.11. The quantitative estimate of drug-likeness (QED) is 0.506. The van der Waals surface area contributed by atoms with Gasteiger partial charge in [-0.3, -0.25) is 4.79 Å². The van der Waals surface area contributed by atoms with E-state index in [4.69, 9.17) is 10.3 Å².